The van der Waals surface area contributed by atoms with Crippen LogP contribution in [0.4, 0.5) is 24.8 Å². The first-order valence-corrected chi connectivity index (χ1v) is 16.0. The molecule has 1 aromatic carbocycles. The number of hydrogen-bond acceptors (Lipinski definition) is 8. The van der Waals surface area contributed by atoms with Gasteiger partial charge < -0.3 is 15.0 Å². The highest BCUT2D eigenvalue weighted by Crippen LogP contribution is 2.53. The Morgan fingerprint density at radius 2 is 1.87 bits per heavy atom. The van der Waals surface area contributed by atoms with Gasteiger partial charge in [-0.3, -0.25) is 19.6 Å². The number of carbonyl (C=O) groups is 1. The molecule has 4 aliphatic rings. The van der Waals surface area contributed by atoms with Crippen molar-refractivity contribution in [2.24, 2.45) is 12.5 Å². The quantitative estimate of drug-likeness (QED) is 0.261. The number of halogens is 3. The molecule has 0 radical (unpaired) electrons. The lowest BCUT2D eigenvalue weighted by molar-refractivity contribution is -0.138. The van der Waals surface area contributed by atoms with Crippen molar-refractivity contribution >= 4 is 17.5 Å². The van der Waals surface area contributed by atoms with Gasteiger partial charge in [0.15, 0.2) is 5.82 Å². The number of alkyl halides is 3. The van der Waals surface area contributed by atoms with Crippen LogP contribution >= 0.6 is 0 Å². The fraction of sp³-hybridized carbons (Fsp3) is 0.441. The van der Waals surface area contributed by atoms with Gasteiger partial charge >= 0.3 is 6.18 Å². The van der Waals surface area contributed by atoms with Crippen LogP contribution in [-0.4, -0.2) is 65.9 Å². The zero-order valence-corrected chi connectivity index (χ0v) is 26.0. The number of aryl methyl sites for hydroxylation is 1. The van der Waals surface area contributed by atoms with Crippen LogP contribution in [0.3, 0.4) is 0 Å². The third kappa shape index (κ3) is 5.35. The maximum Gasteiger partial charge on any atom is 0.416 e. The summed E-state index contributed by atoms with van der Waals surface area (Å²) >= 11 is 0. The second kappa shape index (κ2) is 10.8. The van der Waals surface area contributed by atoms with Gasteiger partial charge in [-0.2, -0.15) is 13.2 Å². The smallest absolute Gasteiger partial charge is 0.394 e. The van der Waals surface area contributed by atoms with E-state index in [2.05, 4.69) is 25.4 Å². The molecule has 1 saturated heterocycles. The number of likely N-dealkylation sites (tertiary alicyclic amines) is 1. The van der Waals surface area contributed by atoms with Crippen LogP contribution in [0.25, 0.3) is 22.5 Å². The fourth-order valence-corrected chi connectivity index (χ4v) is 7.42. The summed E-state index contributed by atoms with van der Waals surface area (Å²) in [4.78, 5) is 26.7. The first kappa shape index (κ1) is 30.0. The number of fused-ring (bicyclic) bond motifs is 1. The van der Waals surface area contributed by atoms with E-state index in [9.17, 15) is 23.1 Å². The van der Waals surface area contributed by atoms with Crippen molar-refractivity contribution in [2.75, 3.05) is 29.9 Å². The summed E-state index contributed by atoms with van der Waals surface area (Å²) in [5.74, 6) is 0.681. The number of pyridine rings is 2. The Labute approximate surface area is 269 Å². The van der Waals surface area contributed by atoms with Crippen LogP contribution in [0.1, 0.15) is 65.6 Å². The summed E-state index contributed by atoms with van der Waals surface area (Å²) in [6.45, 7) is 1.75. The number of aromatic nitrogens is 5. The largest absolute Gasteiger partial charge is 0.416 e. The summed E-state index contributed by atoms with van der Waals surface area (Å²) in [5.41, 5.74) is 1.57. The third-order valence-corrected chi connectivity index (χ3v) is 10.5. The predicted molar refractivity (Wildman–Crippen MR) is 168 cm³/mol. The molecule has 1 spiro atoms. The molecule has 13 heteroatoms. The molecule has 3 aromatic heterocycles. The van der Waals surface area contributed by atoms with Gasteiger partial charge in [0.05, 0.1) is 24.3 Å². The summed E-state index contributed by atoms with van der Waals surface area (Å²) in [7, 11) is 1.83. The minimum atomic E-state index is -4.63. The van der Waals surface area contributed by atoms with E-state index < -0.39 is 23.2 Å². The van der Waals surface area contributed by atoms with E-state index in [0.29, 0.717) is 40.3 Å². The van der Waals surface area contributed by atoms with Crippen LogP contribution < -0.4 is 10.2 Å². The molecule has 244 valence electrons. The van der Waals surface area contributed by atoms with E-state index in [1.807, 2.05) is 19.2 Å². The molecule has 2 saturated carbocycles. The first-order chi connectivity index (χ1) is 22.6. The van der Waals surface area contributed by atoms with Gasteiger partial charge in [0.2, 0.25) is 0 Å². The van der Waals surface area contributed by atoms with E-state index in [1.165, 1.54) is 23.8 Å². The van der Waals surface area contributed by atoms with Gasteiger partial charge in [-0.25, -0.2) is 4.98 Å². The SMILES string of the molecule is Cn1cnnc1-c1ccncc1-c1cc(NC2(CO)CCC2)nc(N2Cc3c(cc(CN4CCC5(CC5)C4)cc3C(F)(F)F)C2=O)c1. The Morgan fingerprint density at radius 3 is 2.53 bits per heavy atom. The number of rotatable bonds is 8. The number of nitrogens with zero attached hydrogens (tertiary/aromatic N) is 7. The molecular weight excluding hydrogens is 609 g/mol. The Kier molecular flexibility index (Phi) is 6.92. The Hall–Kier alpha value is -4.36. The van der Waals surface area contributed by atoms with Crippen molar-refractivity contribution in [2.45, 2.75) is 63.3 Å². The van der Waals surface area contributed by atoms with E-state index in [1.54, 1.807) is 35.4 Å². The highest BCUT2D eigenvalue weighted by Gasteiger charge is 2.48. The van der Waals surface area contributed by atoms with Crippen LogP contribution in [0, 0.1) is 5.41 Å². The molecule has 0 atom stereocenters. The number of aliphatic hydroxyl groups is 1. The van der Waals surface area contributed by atoms with Gasteiger partial charge in [-0.05, 0) is 97.5 Å². The molecule has 47 heavy (non-hydrogen) atoms. The number of hydrogen-bond donors (Lipinski definition) is 2. The zero-order valence-electron chi connectivity index (χ0n) is 26.0. The number of nitrogens with one attached hydrogen (secondary N) is 1. The Bertz CT molecular complexity index is 1880. The molecule has 0 bridgehead atoms. The topological polar surface area (TPSA) is 112 Å². The maximum atomic E-state index is 14.5. The van der Waals surface area contributed by atoms with E-state index >= 15 is 0 Å². The Balaban J connectivity index is 1.20. The molecule has 2 aliphatic heterocycles. The minimum absolute atomic E-state index is 0.0416. The fourth-order valence-electron chi connectivity index (χ4n) is 7.42. The van der Waals surface area contributed by atoms with Crippen LogP contribution in [0.15, 0.2) is 49.1 Å². The second-order valence-corrected chi connectivity index (χ2v) is 13.7. The van der Waals surface area contributed by atoms with Gasteiger partial charge in [0, 0.05) is 49.2 Å². The summed E-state index contributed by atoms with van der Waals surface area (Å²) < 4.78 is 45.4. The van der Waals surface area contributed by atoms with Gasteiger partial charge in [-0.1, -0.05) is 0 Å². The maximum absolute atomic E-state index is 14.5. The van der Waals surface area contributed by atoms with Gasteiger partial charge in [0.25, 0.3) is 5.91 Å². The normalized spacial score (nSPS) is 19.7. The van der Waals surface area contributed by atoms with Crippen LogP contribution in [0.5, 0.6) is 0 Å². The van der Waals surface area contributed by atoms with E-state index in [-0.39, 0.29) is 30.1 Å². The number of benzene rings is 1. The average Bonchev–Trinajstić information content (AvgIpc) is 3.29. The Morgan fingerprint density at radius 1 is 1.04 bits per heavy atom. The van der Waals surface area contributed by atoms with Gasteiger partial charge in [0.1, 0.15) is 18.0 Å². The van der Waals surface area contributed by atoms with Crippen molar-refractivity contribution in [3.8, 4) is 22.5 Å². The average molecular weight is 645 g/mol. The molecule has 10 nitrogen and oxygen atoms in total. The number of aliphatic hydroxyl groups excluding tert-OH is 1. The lowest BCUT2D eigenvalue weighted by Gasteiger charge is -2.41. The third-order valence-electron chi connectivity index (χ3n) is 10.5. The van der Waals surface area contributed by atoms with Crippen molar-refractivity contribution in [3.63, 3.8) is 0 Å². The van der Waals surface area contributed by atoms with Gasteiger partial charge in [-0.15, -0.1) is 10.2 Å². The molecule has 2 aliphatic carbocycles. The lowest BCUT2D eigenvalue weighted by Crippen LogP contribution is -2.48. The predicted octanol–water partition coefficient (Wildman–Crippen LogP) is 5.43. The molecule has 4 aromatic rings. The van der Waals surface area contributed by atoms with Crippen molar-refractivity contribution < 1.29 is 23.1 Å². The van der Waals surface area contributed by atoms with Crippen molar-refractivity contribution in [3.05, 3.63) is 71.3 Å². The minimum Gasteiger partial charge on any atom is -0.394 e. The molecular formula is C34H35F3N8O2. The standard InChI is InChI=1S/C34H35F3N8O2/c1-43-20-39-42-30(43)23-3-9-38-15-25(23)22-13-28(41-33(19-46)4-2-5-33)40-29(14-22)45-17-26-24(31(45)47)11-21(12-27(26)34(35,36)37)16-44-10-8-32(18-44)6-7-32/h3,9,11-15,20,46H,2,4-8,10,16-19H2,1H3,(H,40,41). The molecule has 0 unspecified atom stereocenters. The molecule has 8 rings (SSSR count). The van der Waals surface area contributed by atoms with Crippen LogP contribution in [-0.2, 0) is 26.3 Å². The molecule has 1 amide bonds. The summed E-state index contributed by atoms with van der Waals surface area (Å²) in [5, 5.41) is 21.9. The van der Waals surface area contributed by atoms with E-state index in [4.69, 9.17) is 4.98 Å². The summed E-state index contributed by atoms with van der Waals surface area (Å²) in [6.07, 6.45) is 6.14. The zero-order chi connectivity index (χ0) is 32.6. The molecule has 2 N–H and O–H groups in total. The highest BCUT2D eigenvalue weighted by atomic mass is 19.4. The number of amides is 1. The number of anilines is 2. The molecule has 5 heterocycles. The monoisotopic (exact) mass is 644 g/mol. The highest BCUT2D eigenvalue weighted by molar-refractivity contribution is 6.10. The van der Waals surface area contributed by atoms with E-state index in [0.717, 1.165) is 44.3 Å². The number of carbonyl (C=O) groups excluding carboxylic acids is 1. The lowest BCUT2D eigenvalue weighted by atomic mass is 9.77. The summed E-state index contributed by atoms with van der Waals surface area (Å²) in [6, 6.07) is 8.18. The van der Waals surface area contributed by atoms with Crippen molar-refractivity contribution in [1.29, 1.82) is 0 Å². The molecule has 3 fully saturated rings. The van der Waals surface area contributed by atoms with Crippen LogP contribution in [0.2, 0.25) is 0 Å². The second-order valence-electron chi connectivity index (χ2n) is 13.7. The first-order valence-electron chi connectivity index (χ1n) is 16.0. The van der Waals surface area contributed by atoms with Crippen molar-refractivity contribution in [1.82, 2.24) is 29.6 Å².